The molecule has 1 fully saturated rings. The fourth-order valence-electron chi connectivity index (χ4n) is 1.94. The molecule has 4 heteroatoms. The molecule has 0 spiro atoms. The number of hydrogen-bond donors (Lipinski definition) is 2. The van der Waals surface area contributed by atoms with E-state index >= 15 is 0 Å². The molecule has 1 unspecified atom stereocenters. The molecule has 0 amide bonds. The van der Waals surface area contributed by atoms with Crippen LogP contribution in [0.1, 0.15) is 40.0 Å². The van der Waals surface area contributed by atoms with Gasteiger partial charge in [0.15, 0.2) is 0 Å². The summed E-state index contributed by atoms with van der Waals surface area (Å²) in [5.74, 6) is 0. The van der Waals surface area contributed by atoms with Gasteiger partial charge in [0, 0.05) is 31.8 Å². The first kappa shape index (κ1) is 15.9. The lowest BCUT2D eigenvalue weighted by atomic mass is 10.1. The van der Waals surface area contributed by atoms with Crippen LogP contribution >= 0.6 is 0 Å². The van der Waals surface area contributed by atoms with Gasteiger partial charge in [0.25, 0.3) is 0 Å². The minimum absolute atomic E-state index is 0.214. The van der Waals surface area contributed by atoms with Crippen LogP contribution in [0.15, 0.2) is 0 Å². The molecule has 2 N–H and O–H groups in total. The van der Waals surface area contributed by atoms with E-state index in [1.54, 1.807) is 0 Å². The largest absolute Gasteiger partial charge is 0.379 e. The smallest absolute Gasteiger partial charge is 0.0809 e. The second-order valence-electron chi connectivity index (χ2n) is 5.99. The van der Waals surface area contributed by atoms with Crippen molar-refractivity contribution in [2.24, 2.45) is 0 Å². The summed E-state index contributed by atoms with van der Waals surface area (Å²) in [6.07, 6.45) is 3.78. The zero-order valence-electron chi connectivity index (χ0n) is 12.3. The highest BCUT2D eigenvalue weighted by Gasteiger charge is 2.14. The SMILES string of the molecule is CC(C)(C)NCCNCCCOCC1CCCO1. The van der Waals surface area contributed by atoms with Gasteiger partial charge in [-0.05, 0) is 46.6 Å². The van der Waals surface area contributed by atoms with Crippen molar-refractivity contribution in [2.75, 3.05) is 39.5 Å². The average Bonchev–Trinajstić information content (AvgIpc) is 2.78. The molecule has 18 heavy (non-hydrogen) atoms. The maximum Gasteiger partial charge on any atom is 0.0809 e. The van der Waals surface area contributed by atoms with E-state index < -0.39 is 0 Å². The molecule has 0 aliphatic carbocycles. The first-order valence-corrected chi connectivity index (χ1v) is 7.23. The van der Waals surface area contributed by atoms with Crippen molar-refractivity contribution in [3.05, 3.63) is 0 Å². The number of hydrogen-bond acceptors (Lipinski definition) is 4. The van der Waals surface area contributed by atoms with E-state index in [0.717, 1.165) is 52.3 Å². The van der Waals surface area contributed by atoms with Crippen LogP contribution in [0.3, 0.4) is 0 Å². The zero-order valence-corrected chi connectivity index (χ0v) is 12.3. The van der Waals surface area contributed by atoms with Gasteiger partial charge < -0.3 is 20.1 Å². The van der Waals surface area contributed by atoms with E-state index in [2.05, 4.69) is 31.4 Å². The number of rotatable bonds is 9. The summed E-state index contributed by atoms with van der Waals surface area (Å²) in [6.45, 7) is 12.1. The Labute approximate surface area is 112 Å². The fraction of sp³-hybridized carbons (Fsp3) is 1.00. The summed E-state index contributed by atoms with van der Waals surface area (Å²) in [7, 11) is 0. The van der Waals surface area contributed by atoms with Crippen LogP contribution in [0.2, 0.25) is 0 Å². The van der Waals surface area contributed by atoms with Gasteiger partial charge in [0.1, 0.15) is 0 Å². The van der Waals surface area contributed by atoms with Crippen LogP contribution in [-0.2, 0) is 9.47 Å². The van der Waals surface area contributed by atoms with Crippen molar-refractivity contribution in [3.8, 4) is 0 Å². The van der Waals surface area contributed by atoms with Crippen LogP contribution in [0.25, 0.3) is 0 Å². The second-order valence-corrected chi connectivity index (χ2v) is 5.99. The maximum absolute atomic E-state index is 5.60. The highest BCUT2D eigenvalue weighted by molar-refractivity contribution is 4.70. The predicted octanol–water partition coefficient (Wildman–Crippen LogP) is 1.55. The molecule has 1 aliphatic heterocycles. The van der Waals surface area contributed by atoms with Crippen LogP contribution in [0.4, 0.5) is 0 Å². The molecule has 0 aromatic carbocycles. The van der Waals surface area contributed by atoms with Gasteiger partial charge in [-0.1, -0.05) is 0 Å². The molecule has 1 aliphatic rings. The van der Waals surface area contributed by atoms with E-state index in [-0.39, 0.29) is 5.54 Å². The molecule has 0 saturated carbocycles. The highest BCUT2D eigenvalue weighted by Crippen LogP contribution is 2.11. The molecule has 0 aromatic heterocycles. The Hall–Kier alpha value is -0.160. The lowest BCUT2D eigenvalue weighted by Crippen LogP contribution is -2.40. The summed E-state index contributed by atoms with van der Waals surface area (Å²) in [4.78, 5) is 0. The molecule has 0 aromatic rings. The molecule has 108 valence electrons. The third kappa shape index (κ3) is 8.86. The summed E-state index contributed by atoms with van der Waals surface area (Å²) in [6, 6.07) is 0. The van der Waals surface area contributed by atoms with Crippen molar-refractivity contribution in [3.63, 3.8) is 0 Å². The first-order chi connectivity index (χ1) is 8.58. The minimum atomic E-state index is 0.214. The third-order valence-corrected chi connectivity index (χ3v) is 2.93. The summed E-state index contributed by atoms with van der Waals surface area (Å²) < 4.78 is 11.1. The zero-order chi connectivity index (χ0) is 13.3. The molecule has 1 atom stereocenters. The van der Waals surface area contributed by atoms with E-state index in [9.17, 15) is 0 Å². The van der Waals surface area contributed by atoms with E-state index in [1.165, 1.54) is 6.42 Å². The number of ether oxygens (including phenoxy) is 2. The minimum Gasteiger partial charge on any atom is -0.379 e. The van der Waals surface area contributed by atoms with Gasteiger partial charge in [-0.3, -0.25) is 0 Å². The predicted molar refractivity (Wildman–Crippen MR) is 75.0 cm³/mol. The van der Waals surface area contributed by atoms with Crippen molar-refractivity contribution in [1.82, 2.24) is 10.6 Å². The molecular formula is C14H30N2O2. The van der Waals surface area contributed by atoms with Crippen LogP contribution in [0.5, 0.6) is 0 Å². The number of nitrogens with one attached hydrogen (secondary N) is 2. The monoisotopic (exact) mass is 258 g/mol. The van der Waals surface area contributed by atoms with Gasteiger partial charge >= 0.3 is 0 Å². The normalized spacial score (nSPS) is 20.5. The topological polar surface area (TPSA) is 42.5 Å². The van der Waals surface area contributed by atoms with Crippen LogP contribution in [-0.4, -0.2) is 51.1 Å². The summed E-state index contributed by atoms with van der Waals surface area (Å²) in [5, 5.41) is 6.86. The van der Waals surface area contributed by atoms with Crippen molar-refractivity contribution in [1.29, 1.82) is 0 Å². The van der Waals surface area contributed by atoms with E-state index in [1.807, 2.05) is 0 Å². The Morgan fingerprint density at radius 3 is 2.72 bits per heavy atom. The lowest BCUT2D eigenvalue weighted by molar-refractivity contribution is 0.0166. The van der Waals surface area contributed by atoms with Crippen LogP contribution < -0.4 is 10.6 Å². The molecule has 4 nitrogen and oxygen atoms in total. The van der Waals surface area contributed by atoms with E-state index in [0.29, 0.717) is 6.10 Å². The summed E-state index contributed by atoms with van der Waals surface area (Å²) in [5.41, 5.74) is 0.214. The van der Waals surface area contributed by atoms with E-state index in [4.69, 9.17) is 9.47 Å². The maximum atomic E-state index is 5.60. The Bertz CT molecular complexity index is 198. The third-order valence-electron chi connectivity index (χ3n) is 2.93. The Morgan fingerprint density at radius 2 is 2.06 bits per heavy atom. The van der Waals surface area contributed by atoms with Crippen molar-refractivity contribution >= 4 is 0 Å². The molecule has 0 radical (unpaired) electrons. The Morgan fingerprint density at radius 1 is 1.22 bits per heavy atom. The molecule has 1 saturated heterocycles. The van der Waals surface area contributed by atoms with Crippen molar-refractivity contribution in [2.45, 2.75) is 51.7 Å². The first-order valence-electron chi connectivity index (χ1n) is 7.23. The van der Waals surface area contributed by atoms with Gasteiger partial charge in [0.2, 0.25) is 0 Å². The molecule has 0 bridgehead atoms. The highest BCUT2D eigenvalue weighted by atomic mass is 16.5. The quantitative estimate of drug-likeness (QED) is 0.616. The average molecular weight is 258 g/mol. The molecule has 1 heterocycles. The van der Waals surface area contributed by atoms with Crippen molar-refractivity contribution < 1.29 is 9.47 Å². The Balaban J connectivity index is 1.76. The lowest BCUT2D eigenvalue weighted by Gasteiger charge is -2.20. The van der Waals surface area contributed by atoms with Gasteiger partial charge in [0.05, 0.1) is 12.7 Å². The summed E-state index contributed by atoms with van der Waals surface area (Å²) >= 11 is 0. The van der Waals surface area contributed by atoms with Gasteiger partial charge in [-0.25, -0.2) is 0 Å². The van der Waals surface area contributed by atoms with Crippen LogP contribution in [0, 0.1) is 0 Å². The standard InChI is InChI=1S/C14H30N2O2/c1-14(2,3)16-9-8-15-7-5-10-17-12-13-6-4-11-18-13/h13,15-16H,4-12H2,1-3H3. The molecule has 1 rings (SSSR count). The molecular weight excluding hydrogens is 228 g/mol. The fourth-order valence-corrected chi connectivity index (χ4v) is 1.94. The Kier molecular flexibility index (Phi) is 7.82. The van der Waals surface area contributed by atoms with Gasteiger partial charge in [-0.2, -0.15) is 0 Å². The second kappa shape index (κ2) is 8.86. The van der Waals surface area contributed by atoms with Gasteiger partial charge in [-0.15, -0.1) is 0 Å².